The molecule has 0 saturated heterocycles. The molecule has 1 aliphatic rings. The van der Waals surface area contributed by atoms with Crippen LogP contribution < -0.4 is 5.32 Å². The first-order chi connectivity index (χ1) is 8.95. The highest BCUT2D eigenvalue weighted by Crippen LogP contribution is 2.23. The average Bonchev–Trinajstić information content (AvgIpc) is 3.02. The van der Waals surface area contributed by atoms with E-state index < -0.39 is 16.8 Å². The second-order valence-corrected chi connectivity index (χ2v) is 7.28. The largest absolute Gasteiger partial charge is 0.477 e. The minimum Gasteiger partial charge on any atom is -0.477 e. The van der Waals surface area contributed by atoms with Gasteiger partial charge in [0.2, 0.25) is 5.91 Å². The number of carboxylic acids is 1. The number of nitrogens with one attached hydrogen (secondary N) is 1. The second-order valence-electron chi connectivity index (χ2n) is 4.57. The topological polar surface area (TPSA) is 83.5 Å². The Morgan fingerprint density at radius 2 is 2.21 bits per heavy atom. The lowest BCUT2D eigenvalue weighted by atomic mass is 10.3. The Kier molecular flexibility index (Phi) is 4.36. The Bertz CT molecular complexity index is 534. The fourth-order valence-electron chi connectivity index (χ4n) is 1.64. The van der Waals surface area contributed by atoms with Crippen LogP contribution in [0, 0.1) is 6.92 Å². The van der Waals surface area contributed by atoms with E-state index in [-0.39, 0.29) is 28.3 Å². The van der Waals surface area contributed by atoms with Gasteiger partial charge in [-0.1, -0.05) is 0 Å². The van der Waals surface area contributed by atoms with Gasteiger partial charge in [0.25, 0.3) is 0 Å². The van der Waals surface area contributed by atoms with Gasteiger partial charge in [0.15, 0.2) is 0 Å². The molecule has 0 spiro atoms. The molecule has 0 aliphatic heterocycles. The maximum Gasteiger partial charge on any atom is 0.345 e. The molecule has 0 bridgehead atoms. The van der Waals surface area contributed by atoms with Crippen molar-refractivity contribution in [3.63, 3.8) is 0 Å². The molecular weight excluding hydrogens is 286 g/mol. The summed E-state index contributed by atoms with van der Waals surface area (Å²) >= 11 is 1.17. The van der Waals surface area contributed by atoms with E-state index in [2.05, 4.69) is 5.32 Å². The lowest BCUT2D eigenvalue weighted by Crippen LogP contribution is -2.30. The molecule has 5 nitrogen and oxygen atoms in total. The van der Waals surface area contributed by atoms with Gasteiger partial charge in [-0.05, 0) is 31.4 Å². The number of thiophene rings is 1. The van der Waals surface area contributed by atoms with Gasteiger partial charge in [-0.15, -0.1) is 11.3 Å². The average molecular weight is 301 g/mol. The van der Waals surface area contributed by atoms with E-state index in [0.29, 0.717) is 0 Å². The lowest BCUT2D eigenvalue weighted by Gasteiger charge is -2.03. The molecule has 2 rings (SSSR count). The Hall–Kier alpha value is -1.21. The molecule has 1 amide bonds. The summed E-state index contributed by atoms with van der Waals surface area (Å²) in [4.78, 5) is 23.4. The van der Waals surface area contributed by atoms with Crippen LogP contribution in [0.25, 0.3) is 0 Å². The minimum absolute atomic E-state index is 0.0197. The summed E-state index contributed by atoms with van der Waals surface area (Å²) in [6, 6.07) is 1.81. The van der Waals surface area contributed by atoms with Crippen LogP contribution in [0.5, 0.6) is 0 Å². The zero-order valence-corrected chi connectivity index (χ0v) is 12.1. The van der Waals surface area contributed by atoms with E-state index in [9.17, 15) is 13.8 Å². The van der Waals surface area contributed by atoms with Gasteiger partial charge in [0, 0.05) is 21.7 Å². The van der Waals surface area contributed by atoms with Crippen LogP contribution in [0.2, 0.25) is 0 Å². The predicted molar refractivity (Wildman–Crippen MR) is 73.9 cm³/mol. The zero-order valence-electron chi connectivity index (χ0n) is 10.5. The predicted octanol–water partition coefficient (Wildman–Crippen LogP) is 1.28. The Balaban J connectivity index is 1.90. The number of carbonyl (C=O) groups excluding carboxylic acids is 1. The SMILES string of the molecule is Cc1sc(C(=O)O)cc1CS(=O)CC(=O)NC1CC1. The van der Waals surface area contributed by atoms with Crippen LogP contribution in [0.4, 0.5) is 0 Å². The molecule has 0 radical (unpaired) electrons. The summed E-state index contributed by atoms with van der Waals surface area (Å²) in [6.07, 6.45) is 2.01. The van der Waals surface area contributed by atoms with Crippen LogP contribution in [-0.4, -0.2) is 33.0 Å². The van der Waals surface area contributed by atoms with Gasteiger partial charge in [-0.2, -0.15) is 0 Å². The van der Waals surface area contributed by atoms with Crippen molar-refractivity contribution in [3.05, 3.63) is 21.4 Å². The van der Waals surface area contributed by atoms with Gasteiger partial charge in [-0.3, -0.25) is 9.00 Å². The first kappa shape index (κ1) is 14.2. The third-order valence-corrected chi connectivity index (χ3v) is 5.08. The van der Waals surface area contributed by atoms with Crippen molar-refractivity contribution in [2.24, 2.45) is 0 Å². The number of aryl methyl sites for hydroxylation is 1. The van der Waals surface area contributed by atoms with E-state index >= 15 is 0 Å². The van der Waals surface area contributed by atoms with Crippen molar-refractivity contribution < 1.29 is 18.9 Å². The van der Waals surface area contributed by atoms with Crippen molar-refractivity contribution in [3.8, 4) is 0 Å². The number of amides is 1. The summed E-state index contributed by atoms with van der Waals surface area (Å²) in [7, 11) is -1.30. The van der Waals surface area contributed by atoms with Crippen molar-refractivity contribution in [1.82, 2.24) is 5.32 Å². The molecule has 0 aromatic carbocycles. The molecule has 1 aromatic rings. The number of carbonyl (C=O) groups is 2. The Labute approximate surface area is 117 Å². The highest BCUT2D eigenvalue weighted by atomic mass is 32.2. The number of hydrogen-bond acceptors (Lipinski definition) is 4. The van der Waals surface area contributed by atoms with Crippen molar-refractivity contribution in [2.45, 2.75) is 31.6 Å². The van der Waals surface area contributed by atoms with Gasteiger partial charge in [0.1, 0.15) is 10.6 Å². The molecule has 1 aromatic heterocycles. The number of carboxylic acid groups (broad SMARTS) is 1. The molecular formula is C12H15NO4S2. The quantitative estimate of drug-likeness (QED) is 0.829. The number of rotatable bonds is 6. The molecule has 2 N–H and O–H groups in total. The number of aromatic carboxylic acids is 1. The summed E-state index contributed by atoms with van der Waals surface area (Å²) in [5.74, 6) is -0.953. The minimum atomic E-state index is -1.30. The number of hydrogen-bond donors (Lipinski definition) is 2. The van der Waals surface area contributed by atoms with Gasteiger partial charge >= 0.3 is 5.97 Å². The highest BCUT2D eigenvalue weighted by Gasteiger charge is 2.24. The maximum absolute atomic E-state index is 11.9. The van der Waals surface area contributed by atoms with Crippen LogP contribution in [0.15, 0.2) is 6.07 Å². The highest BCUT2D eigenvalue weighted by molar-refractivity contribution is 7.84. The normalized spacial score (nSPS) is 16.1. The Morgan fingerprint density at radius 3 is 2.74 bits per heavy atom. The summed E-state index contributed by atoms with van der Waals surface area (Å²) in [5, 5.41) is 11.7. The van der Waals surface area contributed by atoms with E-state index in [0.717, 1.165) is 23.3 Å². The smallest absolute Gasteiger partial charge is 0.345 e. The van der Waals surface area contributed by atoms with Crippen molar-refractivity contribution in [2.75, 3.05) is 5.75 Å². The third-order valence-electron chi connectivity index (χ3n) is 2.78. The van der Waals surface area contributed by atoms with E-state index in [1.165, 1.54) is 11.3 Å². The second kappa shape index (κ2) is 5.83. The molecule has 1 atom stereocenters. The molecule has 1 saturated carbocycles. The fraction of sp³-hybridized carbons (Fsp3) is 0.500. The summed E-state index contributed by atoms with van der Waals surface area (Å²) in [5.41, 5.74) is 0.750. The lowest BCUT2D eigenvalue weighted by molar-refractivity contribution is -0.118. The van der Waals surface area contributed by atoms with Crippen molar-refractivity contribution in [1.29, 1.82) is 0 Å². The molecule has 19 heavy (non-hydrogen) atoms. The van der Waals surface area contributed by atoms with E-state index in [1.54, 1.807) is 13.0 Å². The van der Waals surface area contributed by atoms with Gasteiger partial charge in [0.05, 0.1) is 5.75 Å². The zero-order chi connectivity index (χ0) is 14.0. The van der Waals surface area contributed by atoms with Gasteiger partial charge < -0.3 is 10.4 Å². The Morgan fingerprint density at radius 1 is 1.53 bits per heavy atom. The molecule has 7 heteroatoms. The monoisotopic (exact) mass is 301 g/mol. The van der Waals surface area contributed by atoms with Crippen LogP contribution in [0.3, 0.4) is 0 Å². The molecule has 1 unspecified atom stereocenters. The first-order valence-electron chi connectivity index (χ1n) is 5.92. The third kappa shape index (κ3) is 4.14. The van der Waals surface area contributed by atoms with Gasteiger partial charge in [-0.25, -0.2) is 4.79 Å². The molecule has 1 fully saturated rings. The summed E-state index contributed by atoms with van der Waals surface area (Å²) < 4.78 is 11.9. The van der Waals surface area contributed by atoms with Crippen LogP contribution in [0.1, 0.15) is 33.0 Å². The summed E-state index contributed by atoms with van der Waals surface area (Å²) in [6.45, 7) is 1.80. The molecule has 104 valence electrons. The first-order valence-corrected chi connectivity index (χ1v) is 8.23. The van der Waals surface area contributed by atoms with E-state index in [1.807, 2.05) is 0 Å². The standard InChI is InChI=1S/C12H15NO4S2/c1-7-8(4-10(18-7)12(15)16)5-19(17)6-11(14)13-9-2-3-9/h4,9H,2-3,5-6H2,1H3,(H,13,14)(H,15,16). The maximum atomic E-state index is 11.9. The molecule has 1 aliphatic carbocycles. The fourth-order valence-corrected chi connectivity index (χ4v) is 3.73. The van der Waals surface area contributed by atoms with E-state index in [4.69, 9.17) is 5.11 Å². The van der Waals surface area contributed by atoms with Crippen molar-refractivity contribution >= 4 is 34.0 Å². The molecule has 1 heterocycles. The van der Waals surface area contributed by atoms with Crippen LogP contribution >= 0.6 is 11.3 Å². The van der Waals surface area contributed by atoms with Crippen LogP contribution in [-0.2, 0) is 21.3 Å².